The van der Waals surface area contributed by atoms with Gasteiger partial charge < -0.3 is 9.47 Å². The number of hydrogen-bond acceptors (Lipinski definition) is 3. The van der Waals surface area contributed by atoms with Crippen LogP contribution in [0.4, 0.5) is 4.79 Å². The van der Waals surface area contributed by atoms with E-state index in [9.17, 15) is 4.79 Å². The summed E-state index contributed by atoms with van der Waals surface area (Å²) in [6.45, 7) is 2.64. The van der Waals surface area contributed by atoms with Crippen molar-refractivity contribution in [2.24, 2.45) is 5.92 Å². The molecule has 0 bridgehead atoms. The van der Waals surface area contributed by atoms with Gasteiger partial charge in [-0.3, -0.25) is 0 Å². The fourth-order valence-electron chi connectivity index (χ4n) is 1.91. The lowest BCUT2D eigenvalue weighted by atomic mass is 9.70. The highest BCUT2D eigenvalue weighted by molar-refractivity contribution is 5.63. The summed E-state index contributed by atoms with van der Waals surface area (Å²) in [6, 6.07) is 0. The summed E-state index contributed by atoms with van der Waals surface area (Å²) in [4.78, 5) is 10.6. The van der Waals surface area contributed by atoms with Crippen LogP contribution in [0.25, 0.3) is 0 Å². The van der Waals surface area contributed by atoms with Gasteiger partial charge in [-0.15, -0.1) is 0 Å². The fourth-order valence-corrected chi connectivity index (χ4v) is 1.91. The minimum Gasteiger partial charge on any atom is -0.430 e. The lowest BCUT2D eigenvalue weighted by molar-refractivity contribution is -0.0489. The predicted molar refractivity (Wildman–Crippen MR) is 38.2 cm³/mol. The van der Waals surface area contributed by atoms with Crippen LogP contribution in [0.1, 0.15) is 26.2 Å². The van der Waals surface area contributed by atoms with Crippen molar-refractivity contribution in [3.63, 3.8) is 0 Å². The molecule has 0 aromatic carbocycles. The second kappa shape index (κ2) is 2.13. The first kappa shape index (κ1) is 6.95. The molecule has 1 saturated carbocycles. The molecule has 1 saturated heterocycles. The monoisotopic (exact) mass is 156 g/mol. The van der Waals surface area contributed by atoms with E-state index in [2.05, 4.69) is 6.92 Å². The fraction of sp³-hybridized carbons (Fsp3) is 0.875. The van der Waals surface area contributed by atoms with Crippen LogP contribution in [0.3, 0.4) is 0 Å². The molecule has 0 atom stereocenters. The highest BCUT2D eigenvalue weighted by atomic mass is 16.8. The van der Waals surface area contributed by atoms with Gasteiger partial charge in [0, 0.05) is 0 Å². The maximum Gasteiger partial charge on any atom is 0.509 e. The molecule has 3 heteroatoms. The van der Waals surface area contributed by atoms with Crippen molar-refractivity contribution in [1.82, 2.24) is 0 Å². The van der Waals surface area contributed by atoms with Gasteiger partial charge in [0.25, 0.3) is 0 Å². The smallest absolute Gasteiger partial charge is 0.430 e. The van der Waals surface area contributed by atoms with Crippen LogP contribution in [0.2, 0.25) is 0 Å². The maximum absolute atomic E-state index is 10.6. The number of ether oxygens (including phenoxy) is 2. The molecule has 2 rings (SSSR count). The zero-order chi connectivity index (χ0) is 7.90. The lowest BCUT2D eigenvalue weighted by Crippen LogP contribution is -2.45. The van der Waals surface area contributed by atoms with E-state index in [1.807, 2.05) is 0 Å². The van der Waals surface area contributed by atoms with Crippen LogP contribution in [0.15, 0.2) is 0 Å². The molecule has 2 fully saturated rings. The minimum absolute atomic E-state index is 0.211. The van der Waals surface area contributed by atoms with Crippen LogP contribution in [0, 0.1) is 5.92 Å². The number of hydrogen-bond donors (Lipinski definition) is 0. The van der Waals surface area contributed by atoms with Crippen molar-refractivity contribution >= 4 is 6.16 Å². The molecule has 1 spiro atoms. The molecule has 0 unspecified atom stereocenters. The summed E-state index contributed by atoms with van der Waals surface area (Å²) in [6.07, 6.45) is 2.68. The lowest BCUT2D eigenvalue weighted by Gasteiger charge is -2.40. The molecule has 0 amide bonds. The van der Waals surface area contributed by atoms with Crippen LogP contribution in [0.5, 0.6) is 0 Å². The maximum atomic E-state index is 10.6. The van der Waals surface area contributed by atoms with E-state index in [1.165, 1.54) is 6.42 Å². The first-order valence-corrected chi connectivity index (χ1v) is 4.10. The molecule has 3 nitrogen and oxygen atoms in total. The van der Waals surface area contributed by atoms with Gasteiger partial charge in [0.15, 0.2) is 5.60 Å². The minimum atomic E-state index is -0.487. The van der Waals surface area contributed by atoms with Gasteiger partial charge in [-0.1, -0.05) is 13.3 Å². The van der Waals surface area contributed by atoms with Crippen molar-refractivity contribution in [3.05, 3.63) is 0 Å². The van der Waals surface area contributed by atoms with E-state index in [1.54, 1.807) is 0 Å². The summed E-state index contributed by atoms with van der Waals surface area (Å²) in [5.41, 5.74) is -0.211. The average Bonchev–Trinajstić information content (AvgIpc) is 2.28. The van der Waals surface area contributed by atoms with Gasteiger partial charge in [-0.25, -0.2) is 4.79 Å². The average molecular weight is 156 g/mol. The van der Waals surface area contributed by atoms with Crippen molar-refractivity contribution < 1.29 is 14.3 Å². The van der Waals surface area contributed by atoms with Gasteiger partial charge in [0.05, 0.1) is 0 Å². The van der Waals surface area contributed by atoms with Crippen LogP contribution in [-0.2, 0) is 9.47 Å². The van der Waals surface area contributed by atoms with Crippen molar-refractivity contribution in [1.29, 1.82) is 0 Å². The predicted octanol–water partition coefficient (Wildman–Crippen LogP) is 1.71. The van der Waals surface area contributed by atoms with E-state index in [0.717, 1.165) is 18.8 Å². The Morgan fingerprint density at radius 2 is 2.36 bits per heavy atom. The molecule has 1 aliphatic carbocycles. The van der Waals surface area contributed by atoms with Gasteiger partial charge in [-0.2, -0.15) is 0 Å². The summed E-state index contributed by atoms with van der Waals surface area (Å²) >= 11 is 0. The van der Waals surface area contributed by atoms with Crippen molar-refractivity contribution in [3.8, 4) is 0 Å². The summed E-state index contributed by atoms with van der Waals surface area (Å²) in [7, 11) is 0. The summed E-state index contributed by atoms with van der Waals surface area (Å²) in [5.74, 6) is 0.740. The van der Waals surface area contributed by atoms with E-state index in [-0.39, 0.29) is 5.60 Å². The van der Waals surface area contributed by atoms with E-state index in [0.29, 0.717) is 6.61 Å². The Balaban J connectivity index is 1.92. The second-order valence-electron chi connectivity index (χ2n) is 3.51. The topological polar surface area (TPSA) is 35.5 Å². The third-order valence-electron chi connectivity index (χ3n) is 2.65. The molecule has 0 N–H and O–H groups in total. The quantitative estimate of drug-likeness (QED) is 0.542. The first-order chi connectivity index (χ1) is 5.24. The third-order valence-corrected chi connectivity index (χ3v) is 2.65. The van der Waals surface area contributed by atoms with Crippen LogP contribution < -0.4 is 0 Å². The molecule has 1 heterocycles. The Morgan fingerprint density at radius 1 is 1.64 bits per heavy atom. The highest BCUT2D eigenvalue weighted by Gasteiger charge is 2.51. The zero-order valence-corrected chi connectivity index (χ0v) is 6.63. The molecule has 1 aliphatic heterocycles. The van der Waals surface area contributed by atoms with E-state index >= 15 is 0 Å². The van der Waals surface area contributed by atoms with Crippen LogP contribution in [-0.4, -0.2) is 18.4 Å². The normalized spacial score (nSPS) is 41.5. The second-order valence-corrected chi connectivity index (χ2v) is 3.51. The van der Waals surface area contributed by atoms with Crippen molar-refractivity contribution in [2.75, 3.05) is 6.61 Å². The molecule has 2 aliphatic rings. The number of carbonyl (C=O) groups is 1. The van der Waals surface area contributed by atoms with Gasteiger partial charge >= 0.3 is 6.16 Å². The molecule has 0 aromatic heterocycles. The highest BCUT2D eigenvalue weighted by Crippen LogP contribution is 2.45. The molecule has 0 aromatic rings. The Hall–Kier alpha value is -0.730. The van der Waals surface area contributed by atoms with Gasteiger partial charge in [0.1, 0.15) is 6.61 Å². The Labute approximate surface area is 65.7 Å². The van der Waals surface area contributed by atoms with E-state index < -0.39 is 6.16 Å². The molecule has 62 valence electrons. The molecular weight excluding hydrogens is 144 g/mol. The Morgan fingerprint density at radius 3 is 2.82 bits per heavy atom. The van der Waals surface area contributed by atoms with Crippen LogP contribution >= 0.6 is 0 Å². The largest absolute Gasteiger partial charge is 0.509 e. The van der Waals surface area contributed by atoms with Gasteiger partial charge in [-0.05, 0) is 18.8 Å². The first-order valence-electron chi connectivity index (χ1n) is 4.10. The van der Waals surface area contributed by atoms with E-state index in [4.69, 9.17) is 9.47 Å². The molecule has 11 heavy (non-hydrogen) atoms. The number of rotatable bonds is 1. The molecule has 0 radical (unpaired) electrons. The Bertz CT molecular complexity index is 182. The molecular formula is C8H12O3. The standard InChI is InChI=1S/C8H12O3/c1-2-6-3-8(4-6)5-10-7(9)11-8/h6H,2-5H2,1H3/t6-,8-. The zero-order valence-electron chi connectivity index (χ0n) is 6.63. The number of carbonyl (C=O) groups excluding carboxylic acids is 1. The SMILES string of the molecule is CC[C@H]1C[C@@]2(COC(=O)O2)C1. The Kier molecular flexibility index (Phi) is 1.34. The summed E-state index contributed by atoms with van der Waals surface area (Å²) in [5, 5.41) is 0. The van der Waals surface area contributed by atoms with Crippen molar-refractivity contribution in [2.45, 2.75) is 31.8 Å². The third kappa shape index (κ3) is 0.988. The van der Waals surface area contributed by atoms with Gasteiger partial charge in [0.2, 0.25) is 0 Å². The summed E-state index contributed by atoms with van der Waals surface area (Å²) < 4.78 is 9.80. The number of cyclic esters (lactones) is 1.